The lowest BCUT2D eigenvalue weighted by Crippen LogP contribution is -2.23. The van der Waals surface area contributed by atoms with Gasteiger partial charge in [0.15, 0.2) is 5.65 Å². The van der Waals surface area contributed by atoms with E-state index in [0.717, 1.165) is 28.1 Å². The Morgan fingerprint density at radius 1 is 1.03 bits per heavy atom. The first-order valence-corrected chi connectivity index (χ1v) is 9.51. The van der Waals surface area contributed by atoms with Crippen LogP contribution < -0.4 is 10.4 Å². The van der Waals surface area contributed by atoms with Crippen molar-refractivity contribution >= 4 is 5.65 Å². The van der Waals surface area contributed by atoms with Crippen LogP contribution in [0.3, 0.4) is 0 Å². The Bertz CT molecular complexity index is 1190. The molecule has 0 unspecified atom stereocenters. The molecule has 2 aromatic carbocycles. The number of aromatic nitrogens is 3. The second kappa shape index (κ2) is 7.93. The summed E-state index contributed by atoms with van der Waals surface area (Å²) in [6.45, 7) is 1.17. The molecule has 2 heterocycles. The molecule has 0 bridgehead atoms. The Labute approximate surface area is 169 Å². The molecule has 0 amide bonds. The first-order valence-electron chi connectivity index (χ1n) is 9.51. The topological polar surface area (TPSA) is 51.8 Å². The van der Waals surface area contributed by atoms with Crippen molar-refractivity contribution in [3.05, 3.63) is 88.7 Å². The van der Waals surface area contributed by atoms with E-state index in [1.165, 1.54) is 0 Å². The Kier molecular flexibility index (Phi) is 5.18. The minimum atomic E-state index is -0.113. The fraction of sp³-hybridized carbons (Fsp3) is 0.217. The summed E-state index contributed by atoms with van der Waals surface area (Å²) in [4.78, 5) is 19.3. The van der Waals surface area contributed by atoms with Crippen LogP contribution in [0.15, 0.2) is 71.8 Å². The summed E-state index contributed by atoms with van der Waals surface area (Å²) in [7, 11) is 5.72. The van der Waals surface area contributed by atoms with Gasteiger partial charge in [0.1, 0.15) is 12.4 Å². The highest BCUT2D eigenvalue weighted by atomic mass is 16.5. The van der Waals surface area contributed by atoms with Crippen LogP contribution in [0.25, 0.3) is 16.8 Å². The van der Waals surface area contributed by atoms with Gasteiger partial charge in [0.2, 0.25) is 0 Å². The number of imidazole rings is 1. The van der Waals surface area contributed by atoms with E-state index in [4.69, 9.17) is 9.72 Å². The van der Waals surface area contributed by atoms with Crippen LogP contribution in [0.5, 0.6) is 5.75 Å². The van der Waals surface area contributed by atoms with Gasteiger partial charge in [-0.25, -0.2) is 9.78 Å². The smallest absolute Gasteiger partial charge is 0.333 e. The lowest BCUT2D eigenvalue weighted by atomic mass is 10.1. The fourth-order valence-electron chi connectivity index (χ4n) is 3.34. The summed E-state index contributed by atoms with van der Waals surface area (Å²) in [5, 5.41) is 0. The Balaban J connectivity index is 1.71. The normalized spacial score (nSPS) is 11.3. The zero-order valence-corrected chi connectivity index (χ0v) is 16.9. The molecule has 29 heavy (non-hydrogen) atoms. The number of aryl methyl sites for hydroxylation is 1. The van der Waals surface area contributed by atoms with Crippen LogP contribution in [0, 0.1) is 0 Å². The zero-order chi connectivity index (χ0) is 20.4. The van der Waals surface area contributed by atoms with E-state index < -0.39 is 0 Å². The van der Waals surface area contributed by atoms with Gasteiger partial charge in [0, 0.05) is 31.5 Å². The average Bonchev–Trinajstić information content (AvgIpc) is 3.13. The summed E-state index contributed by atoms with van der Waals surface area (Å²) in [5.41, 5.74) is 4.36. The Morgan fingerprint density at radius 3 is 2.59 bits per heavy atom. The summed E-state index contributed by atoms with van der Waals surface area (Å²) in [6.07, 6.45) is 3.65. The fourth-order valence-corrected chi connectivity index (χ4v) is 3.34. The minimum Gasteiger partial charge on any atom is -0.489 e. The van der Waals surface area contributed by atoms with Crippen LogP contribution in [-0.4, -0.2) is 32.9 Å². The number of fused-ring (bicyclic) bond motifs is 1. The van der Waals surface area contributed by atoms with Gasteiger partial charge in [-0.15, -0.1) is 0 Å². The largest absolute Gasteiger partial charge is 0.489 e. The molecule has 6 nitrogen and oxygen atoms in total. The SMILES string of the molecule is CN(C)Cc1cn2c(=O)n(C)cc(-c3cccc(OCc4ccccc4)c3)c2n1. The summed E-state index contributed by atoms with van der Waals surface area (Å²) < 4.78 is 9.18. The van der Waals surface area contributed by atoms with Gasteiger partial charge in [0.25, 0.3) is 0 Å². The van der Waals surface area contributed by atoms with E-state index in [0.29, 0.717) is 18.8 Å². The molecule has 0 fully saturated rings. The molecule has 0 spiro atoms. The lowest BCUT2D eigenvalue weighted by Gasteiger charge is -2.10. The van der Waals surface area contributed by atoms with Gasteiger partial charge in [-0.1, -0.05) is 42.5 Å². The summed E-state index contributed by atoms with van der Waals surface area (Å²) in [5.74, 6) is 0.776. The molecule has 0 aliphatic rings. The second-order valence-electron chi connectivity index (χ2n) is 7.40. The molecule has 4 rings (SSSR count). The van der Waals surface area contributed by atoms with Gasteiger partial charge in [0.05, 0.1) is 5.69 Å². The van der Waals surface area contributed by atoms with Crippen molar-refractivity contribution in [1.82, 2.24) is 18.9 Å². The monoisotopic (exact) mass is 388 g/mol. The van der Waals surface area contributed by atoms with Crippen molar-refractivity contribution in [2.75, 3.05) is 14.1 Å². The molecule has 0 saturated carbocycles. The molecule has 0 aliphatic heterocycles. The summed E-state index contributed by atoms with van der Waals surface area (Å²) >= 11 is 0. The van der Waals surface area contributed by atoms with E-state index >= 15 is 0 Å². The third-order valence-corrected chi connectivity index (χ3v) is 4.70. The van der Waals surface area contributed by atoms with Crippen LogP contribution >= 0.6 is 0 Å². The van der Waals surface area contributed by atoms with Crippen molar-refractivity contribution in [1.29, 1.82) is 0 Å². The van der Waals surface area contributed by atoms with Gasteiger partial charge < -0.3 is 14.2 Å². The third-order valence-electron chi connectivity index (χ3n) is 4.70. The molecule has 0 aliphatic carbocycles. The molecular weight excluding hydrogens is 364 g/mol. The third kappa shape index (κ3) is 4.07. The molecule has 0 saturated heterocycles. The van der Waals surface area contributed by atoms with Crippen LogP contribution in [0.2, 0.25) is 0 Å². The standard InChI is InChI=1S/C23H24N4O2/c1-25(2)13-19-14-27-22(24-19)21(15-26(3)23(27)28)18-10-7-11-20(12-18)29-16-17-8-5-4-6-9-17/h4-12,14-15H,13,16H2,1-3H3. The number of ether oxygens (including phenoxy) is 1. The van der Waals surface area contributed by atoms with Gasteiger partial charge in [-0.05, 0) is 37.4 Å². The number of rotatable bonds is 6. The molecule has 2 aromatic heterocycles. The maximum absolute atomic E-state index is 12.6. The van der Waals surface area contributed by atoms with E-state index in [1.54, 1.807) is 16.0 Å². The van der Waals surface area contributed by atoms with Crippen molar-refractivity contribution in [2.45, 2.75) is 13.2 Å². The maximum atomic E-state index is 12.6. The second-order valence-corrected chi connectivity index (χ2v) is 7.40. The molecule has 0 atom stereocenters. The predicted octanol–water partition coefficient (Wildman–Crippen LogP) is 3.34. The highest BCUT2D eigenvalue weighted by Crippen LogP contribution is 2.27. The Morgan fingerprint density at radius 2 is 1.83 bits per heavy atom. The van der Waals surface area contributed by atoms with E-state index in [9.17, 15) is 4.79 Å². The molecular formula is C23H24N4O2. The molecule has 6 heteroatoms. The van der Waals surface area contributed by atoms with Crippen LogP contribution in [-0.2, 0) is 20.2 Å². The minimum absolute atomic E-state index is 0.113. The lowest BCUT2D eigenvalue weighted by molar-refractivity contribution is 0.306. The van der Waals surface area contributed by atoms with Crippen LogP contribution in [0.4, 0.5) is 0 Å². The highest BCUT2D eigenvalue weighted by Gasteiger charge is 2.14. The number of benzene rings is 2. The molecule has 0 N–H and O–H groups in total. The first-order chi connectivity index (χ1) is 14.0. The predicted molar refractivity (Wildman–Crippen MR) is 114 cm³/mol. The van der Waals surface area contributed by atoms with Crippen LogP contribution in [0.1, 0.15) is 11.3 Å². The number of hydrogen-bond donors (Lipinski definition) is 0. The van der Waals surface area contributed by atoms with Crippen molar-refractivity contribution in [3.8, 4) is 16.9 Å². The quantitative estimate of drug-likeness (QED) is 0.508. The zero-order valence-electron chi connectivity index (χ0n) is 16.9. The molecule has 148 valence electrons. The van der Waals surface area contributed by atoms with E-state index in [2.05, 4.69) is 0 Å². The maximum Gasteiger partial charge on any atom is 0.333 e. The Hall–Kier alpha value is -3.38. The number of hydrogen-bond acceptors (Lipinski definition) is 4. The van der Waals surface area contributed by atoms with Gasteiger partial charge >= 0.3 is 5.69 Å². The molecule has 0 radical (unpaired) electrons. The van der Waals surface area contributed by atoms with E-state index in [-0.39, 0.29) is 5.69 Å². The van der Waals surface area contributed by atoms with Crippen molar-refractivity contribution < 1.29 is 4.74 Å². The van der Waals surface area contributed by atoms with Crippen molar-refractivity contribution in [2.24, 2.45) is 7.05 Å². The van der Waals surface area contributed by atoms with E-state index in [1.807, 2.05) is 86.0 Å². The van der Waals surface area contributed by atoms with Crippen molar-refractivity contribution in [3.63, 3.8) is 0 Å². The highest BCUT2D eigenvalue weighted by molar-refractivity contribution is 5.77. The molecule has 4 aromatic rings. The average molecular weight is 388 g/mol. The summed E-state index contributed by atoms with van der Waals surface area (Å²) in [6, 6.07) is 18.0. The van der Waals surface area contributed by atoms with Gasteiger partial charge in [-0.2, -0.15) is 0 Å². The first kappa shape index (κ1) is 19.0. The van der Waals surface area contributed by atoms with Gasteiger partial charge in [-0.3, -0.25) is 4.40 Å². The number of nitrogens with zero attached hydrogens (tertiary/aromatic N) is 4.